The zero-order valence-electron chi connectivity index (χ0n) is 12.2. The second kappa shape index (κ2) is 9.13. The molecule has 1 rings (SSSR count). The molecule has 0 fully saturated rings. The van der Waals surface area contributed by atoms with Gasteiger partial charge < -0.3 is 15.8 Å². The number of hydrogen-bond acceptors (Lipinski definition) is 3. The molecule has 0 aliphatic carbocycles. The van der Waals surface area contributed by atoms with Gasteiger partial charge in [0.25, 0.3) is 5.91 Å². The SMILES string of the molecule is CCOCCCNC(=O)c1cccc(C#CCN)c1C. The smallest absolute Gasteiger partial charge is 0.251 e. The molecule has 1 aromatic rings. The standard InChI is InChI=1S/C16H22N2O2/c1-3-20-12-6-11-18-16(19)15-9-4-7-14(13(15)2)8-5-10-17/h4,7,9H,3,6,10-12,17H2,1-2H3,(H,18,19). The van der Waals surface area contributed by atoms with Gasteiger partial charge in [-0.3, -0.25) is 4.79 Å². The molecule has 0 aromatic heterocycles. The third-order valence-corrected chi connectivity index (χ3v) is 2.86. The molecule has 1 amide bonds. The monoisotopic (exact) mass is 274 g/mol. The molecule has 0 heterocycles. The van der Waals surface area contributed by atoms with Crippen molar-refractivity contribution in [3.8, 4) is 11.8 Å². The van der Waals surface area contributed by atoms with Gasteiger partial charge in [0, 0.05) is 30.9 Å². The van der Waals surface area contributed by atoms with Crippen molar-refractivity contribution >= 4 is 5.91 Å². The lowest BCUT2D eigenvalue weighted by Gasteiger charge is -2.09. The highest BCUT2D eigenvalue weighted by molar-refractivity contribution is 5.96. The van der Waals surface area contributed by atoms with E-state index in [0.29, 0.717) is 31.9 Å². The first-order valence-electron chi connectivity index (χ1n) is 6.85. The summed E-state index contributed by atoms with van der Waals surface area (Å²) in [5.41, 5.74) is 7.75. The molecule has 0 bridgehead atoms. The van der Waals surface area contributed by atoms with Gasteiger partial charge in [-0.25, -0.2) is 0 Å². The summed E-state index contributed by atoms with van der Waals surface area (Å²) in [5.74, 6) is 5.71. The molecule has 0 atom stereocenters. The fourth-order valence-corrected chi connectivity index (χ4v) is 1.78. The summed E-state index contributed by atoms with van der Waals surface area (Å²) in [6, 6.07) is 5.54. The number of amides is 1. The number of carbonyl (C=O) groups excluding carboxylic acids is 1. The van der Waals surface area contributed by atoms with E-state index in [9.17, 15) is 4.79 Å². The summed E-state index contributed by atoms with van der Waals surface area (Å²) in [5, 5.41) is 2.89. The highest BCUT2D eigenvalue weighted by Gasteiger charge is 2.10. The number of hydrogen-bond donors (Lipinski definition) is 2. The second-order valence-electron chi connectivity index (χ2n) is 4.29. The number of rotatable bonds is 6. The van der Waals surface area contributed by atoms with Crippen LogP contribution in [0.15, 0.2) is 18.2 Å². The first kappa shape index (κ1) is 16.2. The number of nitrogens with two attached hydrogens (primary N) is 1. The van der Waals surface area contributed by atoms with Crippen molar-refractivity contribution in [3.63, 3.8) is 0 Å². The summed E-state index contributed by atoms with van der Waals surface area (Å²) in [6.45, 7) is 6.14. The fraction of sp³-hybridized carbons (Fsp3) is 0.438. The Hall–Kier alpha value is -1.83. The van der Waals surface area contributed by atoms with Crippen LogP contribution in [-0.2, 0) is 4.74 Å². The lowest BCUT2D eigenvalue weighted by Crippen LogP contribution is -2.26. The Morgan fingerprint density at radius 2 is 2.25 bits per heavy atom. The highest BCUT2D eigenvalue weighted by atomic mass is 16.5. The summed E-state index contributed by atoms with van der Waals surface area (Å²) in [7, 11) is 0. The summed E-state index contributed by atoms with van der Waals surface area (Å²) in [4.78, 5) is 12.1. The minimum atomic E-state index is -0.0737. The van der Waals surface area contributed by atoms with Crippen molar-refractivity contribution in [2.45, 2.75) is 20.3 Å². The molecule has 0 saturated heterocycles. The van der Waals surface area contributed by atoms with E-state index < -0.39 is 0 Å². The van der Waals surface area contributed by atoms with Crippen LogP contribution in [0.25, 0.3) is 0 Å². The number of nitrogens with one attached hydrogen (secondary N) is 1. The molecule has 0 aliphatic heterocycles. The van der Waals surface area contributed by atoms with Crippen molar-refractivity contribution in [1.29, 1.82) is 0 Å². The van der Waals surface area contributed by atoms with E-state index in [1.165, 1.54) is 0 Å². The predicted octanol–water partition coefficient (Wildman–Crippen LogP) is 1.46. The van der Waals surface area contributed by atoms with Crippen LogP contribution in [0.1, 0.15) is 34.8 Å². The van der Waals surface area contributed by atoms with Gasteiger partial charge in [-0.1, -0.05) is 17.9 Å². The van der Waals surface area contributed by atoms with Gasteiger partial charge in [0.2, 0.25) is 0 Å². The normalized spacial score (nSPS) is 9.75. The first-order chi connectivity index (χ1) is 9.70. The molecule has 0 radical (unpaired) electrons. The Kier molecular flexibility index (Phi) is 7.41. The fourth-order valence-electron chi connectivity index (χ4n) is 1.78. The maximum absolute atomic E-state index is 12.1. The molecule has 0 unspecified atom stereocenters. The van der Waals surface area contributed by atoms with Gasteiger partial charge in [-0.15, -0.1) is 0 Å². The van der Waals surface area contributed by atoms with Gasteiger partial charge in [0.15, 0.2) is 0 Å². The Bertz CT molecular complexity index is 501. The van der Waals surface area contributed by atoms with Gasteiger partial charge in [-0.2, -0.15) is 0 Å². The second-order valence-corrected chi connectivity index (χ2v) is 4.29. The van der Waals surface area contributed by atoms with Crippen molar-refractivity contribution < 1.29 is 9.53 Å². The first-order valence-corrected chi connectivity index (χ1v) is 6.85. The molecule has 0 spiro atoms. The molecule has 1 aromatic carbocycles. The van der Waals surface area contributed by atoms with Crippen LogP contribution in [0.2, 0.25) is 0 Å². The van der Waals surface area contributed by atoms with Crippen LogP contribution in [0.3, 0.4) is 0 Å². The maximum atomic E-state index is 12.1. The summed E-state index contributed by atoms with van der Waals surface area (Å²) < 4.78 is 5.23. The molecule has 108 valence electrons. The molecule has 0 saturated carbocycles. The van der Waals surface area contributed by atoms with E-state index in [1.54, 1.807) is 6.07 Å². The summed E-state index contributed by atoms with van der Waals surface area (Å²) >= 11 is 0. The van der Waals surface area contributed by atoms with Crippen molar-refractivity contribution in [2.75, 3.05) is 26.3 Å². The van der Waals surface area contributed by atoms with Gasteiger partial charge in [-0.05, 0) is 38.0 Å². The maximum Gasteiger partial charge on any atom is 0.251 e. The average molecular weight is 274 g/mol. The van der Waals surface area contributed by atoms with E-state index in [2.05, 4.69) is 17.2 Å². The van der Waals surface area contributed by atoms with E-state index in [0.717, 1.165) is 17.5 Å². The van der Waals surface area contributed by atoms with Crippen LogP contribution < -0.4 is 11.1 Å². The van der Waals surface area contributed by atoms with Crippen LogP contribution in [0.5, 0.6) is 0 Å². The average Bonchev–Trinajstić information content (AvgIpc) is 2.46. The largest absolute Gasteiger partial charge is 0.382 e. The number of ether oxygens (including phenoxy) is 1. The molecule has 0 aliphatic rings. The van der Waals surface area contributed by atoms with E-state index >= 15 is 0 Å². The predicted molar refractivity (Wildman–Crippen MR) is 80.6 cm³/mol. The van der Waals surface area contributed by atoms with Gasteiger partial charge in [0.1, 0.15) is 0 Å². The lowest BCUT2D eigenvalue weighted by molar-refractivity contribution is 0.0943. The number of carbonyl (C=O) groups is 1. The summed E-state index contributed by atoms with van der Waals surface area (Å²) in [6.07, 6.45) is 0.811. The highest BCUT2D eigenvalue weighted by Crippen LogP contribution is 2.12. The van der Waals surface area contributed by atoms with Crippen LogP contribution in [0.4, 0.5) is 0 Å². The molecule has 4 heteroatoms. The molecule has 3 N–H and O–H groups in total. The molecular formula is C16H22N2O2. The third kappa shape index (κ3) is 5.04. The van der Waals surface area contributed by atoms with Crippen molar-refractivity contribution in [3.05, 3.63) is 34.9 Å². The Morgan fingerprint density at radius 3 is 2.95 bits per heavy atom. The lowest BCUT2D eigenvalue weighted by atomic mass is 10.0. The third-order valence-electron chi connectivity index (χ3n) is 2.86. The minimum absolute atomic E-state index is 0.0737. The van der Waals surface area contributed by atoms with Crippen molar-refractivity contribution in [2.24, 2.45) is 5.73 Å². The van der Waals surface area contributed by atoms with E-state index in [-0.39, 0.29) is 5.91 Å². The van der Waals surface area contributed by atoms with Crippen LogP contribution in [0, 0.1) is 18.8 Å². The molecule has 4 nitrogen and oxygen atoms in total. The topological polar surface area (TPSA) is 64.3 Å². The van der Waals surface area contributed by atoms with Crippen LogP contribution in [-0.4, -0.2) is 32.2 Å². The zero-order valence-corrected chi connectivity index (χ0v) is 12.2. The zero-order chi connectivity index (χ0) is 14.8. The Morgan fingerprint density at radius 1 is 1.45 bits per heavy atom. The van der Waals surface area contributed by atoms with E-state index in [1.807, 2.05) is 26.0 Å². The molecular weight excluding hydrogens is 252 g/mol. The quantitative estimate of drug-likeness (QED) is 0.610. The van der Waals surface area contributed by atoms with Gasteiger partial charge in [0.05, 0.1) is 6.54 Å². The Labute approximate surface area is 120 Å². The Balaban J connectivity index is 2.64. The van der Waals surface area contributed by atoms with Crippen LogP contribution >= 0.6 is 0 Å². The van der Waals surface area contributed by atoms with Gasteiger partial charge >= 0.3 is 0 Å². The van der Waals surface area contributed by atoms with Crippen molar-refractivity contribution in [1.82, 2.24) is 5.32 Å². The molecule has 20 heavy (non-hydrogen) atoms. The minimum Gasteiger partial charge on any atom is -0.382 e. The van der Waals surface area contributed by atoms with E-state index in [4.69, 9.17) is 10.5 Å². The number of benzene rings is 1.